The van der Waals surface area contributed by atoms with Gasteiger partial charge in [-0.25, -0.2) is 0 Å². The van der Waals surface area contributed by atoms with Crippen molar-refractivity contribution in [2.45, 2.75) is 249 Å². The van der Waals surface area contributed by atoms with Gasteiger partial charge in [-0.3, -0.25) is 4.79 Å². The van der Waals surface area contributed by atoms with Crippen molar-refractivity contribution in [2.75, 3.05) is 13.2 Å². The van der Waals surface area contributed by atoms with E-state index < -0.39 is 74.2 Å². The third-order valence-corrected chi connectivity index (χ3v) is 11.6. The molecule has 0 aliphatic carbocycles. The lowest BCUT2D eigenvalue weighted by Gasteiger charge is -2.40. The lowest BCUT2D eigenvalue weighted by Crippen LogP contribution is -2.60. The standard InChI is InChI=1S/C50H91NO10/c1-3-5-7-9-11-13-15-16-17-18-19-20-21-22-23-24-25-26-28-29-31-33-35-37-42(53)45(55)41(40-60-50-48(58)47(57)46(56)44(39-52)61-50)51-49(59)43(54)38-36-34-32-30-27-14-12-10-8-6-4-2/h12,14,20-21,24-25,29,31,41-48,50,52-58H,3-11,13,15-19,22-23,26-28,30,32-40H2,1-2H3,(H,51,59)/b14-12-,21-20+,25-24+,31-29+. The number of aliphatic hydroxyl groups excluding tert-OH is 7. The van der Waals surface area contributed by atoms with E-state index in [4.69, 9.17) is 9.47 Å². The Morgan fingerprint density at radius 1 is 0.557 bits per heavy atom. The predicted molar refractivity (Wildman–Crippen MR) is 247 cm³/mol. The molecule has 1 saturated heterocycles. The number of allylic oxidation sites excluding steroid dienone is 8. The summed E-state index contributed by atoms with van der Waals surface area (Å²) in [5.41, 5.74) is 0. The summed E-state index contributed by atoms with van der Waals surface area (Å²) in [5.74, 6) is -0.725. The minimum Gasteiger partial charge on any atom is -0.394 e. The number of unbranched alkanes of at least 4 members (excludes halogenated alkanes) is 20. The fourth-order valence-electron chi connectivity index (χ4n) is 7.47. The highest BCUT2D eigenvalue weighted by molar-refractivity contribution is 5.80. The van der Waals surface area contributed by atoms with Crippen LogP contribution in [0.5, 0.6) is 0 Å². The van der Waals surface area contributed by atoms with E-state index in [2.05, 4.69) is 67.8 Å². The Balaban J connectivity index is 2.43. The fourth-order valence-corrected chi connectivity index (χ4v) is 7.47. The molecule has 1 amide bonds. The van der Waals surface area contributed by atoms with Crippen LogP contribution >= 0.6 is 0 Å². The van der Waals surface area contributed by atoms with Crippen molar-refractivity contribution in [3.63, 3.8) is 0 Å². The first-order chi connectivity index (χ1) is 29.7. The first-order valence-corrected chi connectivity index (χ1v) is 24.5. The quantitative estimate of drug-likeness (QED) is 0.0219. The summed E-state index contributed by atoms with van der Waals surface area (Å²) in [6.07, 6.45) is 36.0. The number of amides is 1. The van der Waals surface area contributed by atoms with Gasteiger partial charge < -0.3 is 50.5 Å². The highest BCUT2D eigenvalue weighted by atomic mass is 16.7. The molecule has 0 aromatic carbocycles. The molecule has 0 saturated carbocycles. The Labute approximate surface area is 370 Å². The minimum atomic E-state index is -1.67. The predicted octanol–water partition coefficient (Wildman–Crippen LogP) is 8.56. The Morgan fingerprint density at radius 3 is 1.49 bits per heavy atom. The Hall–Kier alpha value is -1.93. The highest BCUT2D eigenvalue weighted by Crippen LogP contribution is 2.23. The first kappa shape index (κ1) is 57.1. The summed E-state index contributed by atoms with van der Waals surface area (Å²) in [7, 11) is 0. The molecule has 1 fully saturated rings. The van der Waals surface area contributed by atoms with E-state index in [0.717, 1.165) is 57.8 Å². The SMILES string of the molecule is CCCCC/C=C\CCCCCCC(O)C(=O)NC(COC1OC(CO)C(O)C(O)C1O)C(O)C(O)CCC/C=C/CC/C=C/CC/C=C/CCCCCCCCCCCC. The molecule has 0 bridgehead atoms. The molecule has 1 heterocycles. The van der Waals surface area contributed by atoms with Gasteiger partial charge in [0.15, 0.2) is 6.29 Å². The maximum absolute atomic E-state index is 13.0. The monoisotopic (exact) mass is 866 g/mol. The van der Waals surface area contributed by atoms with E-state index in [-0.39, 0.29) is 12.8 Å². The minimum absolute atomic E-state index is 0.233. The molecule has 0 aromatic heterocycles. The second-order valence-electron chi connectivity index (χ2n) is 17.1. The molecule has 1 rings (SSSR count). The number of aliphatic hydroxyl groups is 7. The van der Waals surface area contributed by atoms with Crippen LogP contribution in [0.15, 0.2) is 48.6 Å². The Morgan fingerprint density at radius 2 is 0.984 bits per heavy atom. The van der Waals surface area contributed by atoms with E-state index in [9.17, 15) is 40.5 Å². The van der Waals surface area contributed by atoms with Crippen LogP contribution in [0.1, 0.15) is 194 Å². The molecule has 9 atom stereocenters. The number of carbonyl (C=O) groups is 1. The number of ether oxygens (including phenoxy) is 2. The molecular formula is C50H91NO10. The van der Waals surface area contributed by atoms with E-state index >= 15 is 0 Å². The zero-order valence-electron chi connectivity index (χ0n) is 38.4. The molecule has 0 spiro atoms. The Bertz CT molecular complexity index is 1130. The van der Waals surface area contributed by atoms with Gasteiger partial charge in [-0.2, -0.15) is 0 Å². The van der Waals surface area contributed by atoms with Crippen LogP contribution in [0.25, 0.3) is 0 Å². The summed E-state index contributed by atoms with van der Waals surface area (Å²) < 4.78 is 11.1. The fraction of sp³-hybridized carbons (Fsp3) is 0.820. The van der Waals surface area contributed by atoms with Crippen molar-refractivity contribution in [3.8, 4) is 0 Å². The topological polar surface area (TPSA) is 189 Å². The van der Waals surface area contributed by atoms with Crippen LogP contribution in [0.2, 0.25) is 0 Å². The summed E-state index contributed by atoms with van der Waals surface area (Å²) in [4.78, 5) is 13.0. The van der Waals surface area contributed by atoms with Crippen LogP contribution in [0.3, 0.4) is 0 Å². The number of hydrogen-bond acceptors (Lipinski definition) is 10. The second kappa shape index (κ2) is 39.6. The van der Waals surface area contributed by atoms with E-state index in [0.29, 0.717) is 19.3 Å². The number of hydrogen-bond donors (Lipinski definition) is 8. The van der Waals surface area contributed by atoms with Crippen molar-refractivity contribution in [3.05, 3.63) is 48.6 Å². The summed E-state index contributed by atoms with van der Waals surface area (Å²) >= 11 is 0. The van der Waals surface area contributed by atoms with Crippen LogP contribution in [0.4, 0.5) is 0 Å². The molecule has 61 heavy (non-hydrogen) atoms. The molecule has 1 aliphatic rings. The molecule has 9 unspecified atom stereocenters. The average molecular weight is 866 g/mol. The van der Waals surface area contributed by atoms with Gasteiger partial charge >= 0.3 is 0 Å². The molecule has 11 heteroatoms. The zero-order chi connectivity index (χ0) is 44.8. The van der Waals surface area contributed by atoms with Gasteiger partial charge in [0.05, 0.1) is 25.4 Å². The molecule has 11 nitrogen and oxygen atoms in total. The number of rotatable bonds is 40. The zero-order valence-corrected chi connectivity index (χ0v) is 38.4. The molecule has 0 radical (unpaired) electrons. The maximum atomic E-state index is 13.0. The summed E-state index contributed by atoms with van der Waals surface area (Å²) in [6, 6.07) is -1.20. The van der Waals surface area contributed by atoms with Gasteiger partial charge in [0.1, 0.15) is 36.6 Å². The van der Waals surface area contributed by atoms with Gasteiger partial charge in [-0.1, -0.05) is 152 Å². The number of carbonyl (C=O) groups excluding carboxylic acids is 1. The summed E-state index contributed by atoms with van der Waals surface area (Å²) in [6.45, 7) is 3.37. The third-order valence-electron chi connectivity index (χ3n) is 11.6. The van der Waals surface area contributed by atoms with Crippen LogP contribution in [0, 0.1) is 0 Å². The van der Waals surface area contributed by atoms with Crippen LogP contribution in [-0.4, -0.2) is 110 Å². The van der Waals surface area contributed by atoms with Crippen LogP contribution < -0.4 is 5.32 Å². The highest BCUT2D eigenvalue weighted by Gasteiger charge is 2.44. The van der Waals surface area contributed by atoms with Gasteiger partial charge in [0.2, 0.25) is 5.91 Å². The lowest BCUT2D eigenvalue weighted by molar-refractivity contribution is -0.303. The summed E-state index contributed by atoms with van der Waals surface area (Å²) in [5, 5.41) is 75.6. The third kappa shape index (κ3) is 29.2. The van der Waals surface area contributed by atoms with Crippen molar-refractivity contribution >= 4 is 5.91 Å². The maximum Gasteiger partial charge on any atom is 0.249 e. The normalized spacial score (nSPS) is 21.9. The van der Waals surface area contributed by atoms with Crippen molar-refractivity contribution in [1.29, 1.82) is 0 Å². The van der Waals surface area contributed by atoms with Crippen molar-refractivity contribution in [1.82, 2.24) is 5.32 Å². The van der Waals surface area contributed by atoms with E-state index in [1.165, 1.54) is 89.9 Å². The van der Waals surface area contributed by atoms with E-state index in [1.807, 2.05) is 0 Å². The van der Waals surface area contributed by atoms with Crippen molar-refractivity contribution < 1.29 is 50.0 Å². The molecule has 1 aliphatic heterocycles. The van der Waals surface area contributed by atoms with Gasteiger partial charge in [-0.05, 0) is 89.9 Å². The van der Waals surface area contributed by atoms with Crippen LogP contribution in [-0.2, 0) is 14.3 Å². The van der Waals surface area contributed by atoms with Gasteiger partial charge in [0, 0.05) is 0 Å². The average Bonchev–Trinajstić information content (AvgIpc) is 3.26. The molecule has 0 aromatic rings. The van der Waals surface area contributed by atoms with Gasteiger partial charge in [-0.15, -0.1) is 0 Å². The molecule has 8 N–H and O–H groups in total. The van der Waals surface area contributed by atoms with Crippen molar-refractivity contribution in [2.24, 2.45) is 0 Å². The molecule has 356 valence electrons. The van der Waals surface area contributed by atoms with Gasteiger partial charge in [0.25, 0.3) is 0 Å². The smallest absolute Gasteiger partial charge is 0.249 e. The van der Waals surface area contributed by atoms with E-state index in [1.54, 1.807) is 0 Å². The number of nitrogens with one attached hydrogen (secondary N) is 1. The Kier molecular flexibility index (Phi) is 37.1. The molecular weight excluding hydrogens is 775 g/mol. The first-order valence-electron chi connectivity index (χ1n) is 24.5. The second-order valence-corrected chi connectivity index (χ2v) is 17.1. The lowest BCUT2D eigenvalue weighted by atomic mass is 9.98. The largest absolute Gasteiger partial charge is 0.394 e.